The second-order valence-electron chi connectivity index (χ2n) is 13.4. The van der Waals surface area contributed by atoms with Crippen LogP contribution in [0.4, 0.5) is 0 Å². The summed E-state index contributed by atoms with van der Waals surface area (Å²) in [5, 5.41) is 43.5. The monoisotopic (exact) mass is 492 g/mol. The fourth-order valence-corrected chi connectivity index (χ4v) is 7.54. The maximum absolute atomic E-state index is 11.6. The van der Waals surface area contributed by atoms with Gasteiger partial charge in [0, 0.05) is 0 Å². The molecule has 5 heteroatoms. The van der Waals surface area contributed by atoms with Crippen molar-refractivity contribution in [3.8, 4) is 0 Å². The first-order valence-electron chi connectivity index (χ1n) is 13.8. The zero-order valence-electron chi connectivity index (χ0n) is 23.4. The van der Waals surface area contributed by atoms with E-state index in [1.807, 2.05) is 27.7 Å². The third-order valence-electron chi connectivity index (χ3n) is 10.3. The summed E-state index contributed by atoms with van der Waals surface area (Å²) in [6, 6.07) is 0. The van der Waals surface area contributed by atoms with Gasteiger partial charge in [-0.3, -0.25) is 0 Å². The zero-order chi connectivity index (χ0) is 26.4. The number of ether oxygens (including phenoxy) is 1. The number of fused-ring (bicyclic) bond motifs is 1. The van der Waals surface area contributed by atoms with Crippen molar-refractivity contribution < 1.29 is 25.2 Å². The van der Waals surface area contributed by atoms with Crippen LogP contribution in [0.15, 0.2) is 23.3 Å². The second kappa shape index (κ2) is 10.2. The van der Waals surface area contributed by atoms with Crippen LogP contribution in [0.1, 0.15) is 113 Å². The molecule has 8 atom stereocenters. The lowest BCUT2D eigenvalue weighted by Crippen LogP contribution is -2.56. The number of hydrogen-bond donors (Lipinski definition) is 4. The largest absolute Gasteiger partial charge is 0.390 e. The highest BCUT2D eigenvalue weighted by atomic mass is 16.5. The molecule has 1 saturated heterocycles. The van der Waals surface area contributed by atoms with Crippen molar-refractivity contribution in [3.63, 3.8) is 0 Å². The maximum Gasteiger partial charge on any atom is 0.0888 e. The van der Waals surface area contributed by atoms with Crippen LogP contribution >= 0.6 is 0 Å². The summed E-state index contributed by atoms with van der Waals surface area (Å²) in [7, 11) is 0. The first-order valence-corrected chi connectivity index (χ1v) is 13.8. The molecule has 0 aromatic rings. The minimum atomic E-state index is -0.803. The highest BCUT2D eigenvalue weighted by Crippen LogP contribution is 2.56. The Morgan fingerprint density at radius 1 is 1.06 bits per heavy atom. The van der Waals surface area contributed by atoms with Crippen LogP contribution in [0.2, 0.25) is 0 Å². The molecule has 2 aliphatic carbocycles. The van der Waals surface area contributed by atoms with E-state index in [4.69, 9.17) is 4.74 Å². The minimum absolute atomic E-state index is 0.00370. The van der Waals surface area contributed by atoms with Gasteiger partial charge in [-0.1, -0.05) is 31.6 Å². The highest BCUT2D eigenvalue weighted by molar-refractivity contribution is 5.27. The fourth-order valence-electron chi connectivity index (χ4n) is 7.54. The van der Waals surface area contributed by atoms with E-state index in [2.05, 4.69) is 27.4 Å². The summed E-state index contributed by atoms with van der Waals surface area (Å²) in [6.07, 6.45) is 6.34. The molecule has 202 valence electrons. The average molecular weight is 493 g/mol. The molecule has 0 amide bonds. The first-order chi connectivity index (χ1) is 16.0. The topological polar surface area (TPSA) is 90.2 Å². The molecule has 5 unspecified atom stereocenters. The highest BCUT2D eigenvalue weighted by Gasteiger charge is 2.56. The van der Waals surface area contributed by atoms with Gasteiger partial charge in [0.25, 0.3) is 0 Å². The molecule has 0 spiro atoms. The molecule has 2 fully saturated rings. The Hall–Kier alpha value is -0.720. The molecule has 0 aromatic carbocycles. The SMILES string of the molecule is C=C(C)C(O)CCC1(C)CCC(O)C(C)=C1CCC1[C@@]2(C)CC[C@@H](O)C(C)(C)OC2CC[C@]1(C)O. The van der Waals surface area contributed by atoms with E-state index in [9.17, 15) is 20.4 Å². The van der Waals surface area contributed by atoms with Crippen LogP contribution in [0.5, 0.6) is 0 Å². The van der Waals surface area contributed by atoms with Crippen molar-refractivity contribution in [2.45, 2.75) is 148 Å². The number of hydrogen-bond acceptors (Lipinski definition) is 5. The molecule has 5 nitrogen and oxygen atoms in total. The Morgan fingerprint density at radius 2 is 1.71 bits per heavy atom. The Morgan fingerprint density at radius 3 is 2.34 bits per heavy atom. The minimum Gasteiger partial charge on any atom is -0.390 e. The molecule has 35 heavy (non-hydrogen) atoms. The van der Waals surface area contributed by atoms with Gasteiger partial charge in [0.15, 0.2) is 0 Å². The second-order valence-corrected chi connectivity index (χ2v) is 13.4. The molecule has 0 bridgehead atoms. The van der Waals surface area contributed by atoms with Gasteiger partial charge in [-0.25, -0.2) is 0 Å². The maximum atomic E-state index is 11.6. The quantitative estimate of drug-likeness (QED) is 0.355. The summed E-state index contributed by atoms with van der Waals surface area (Å²) >= 11 is 0. The lowest BCUT2D eigenvalue weighted by atomic mass is 9.55. The molecular weight excluding hydrogens is 440 g/mol. The predicted molar refractivity (Wildman–Crippen MR) is 141 cm³/mol. The van der Waals surface area contributed by atoms with Crippen molar-refractivity contribution >= 4 is 0 Å². The lowest BCUT2D eigenvalue weighted by Gasteiger charge is -2.54. The molecule has 0 aromatic heterocycles. The lowest BCUT2D eigenvalue weighted by molar-refractivity contribution is -0.205. The summed E-state index contributed by atoms with van der Waals surface area (Å²) in [4.78, 5) is 0. The van der Waals surface area contributed by atoms with E-state index >= 15 is 0 Å². The van der Waals surface area contributed by atoms with Gasteiger partial charge in [-0.15, -0.1) is 0 Å². The number of allylic oxidation sites excluding steroid dienone is 1. The molecule has 0 radical (unpaired) electrons. The number of rotatable bonds is 7. The first kappa shape index (κ1) is 28.8. The van der Waals surface area contributed by atoms with E-state index in [-0.39, 0.29) is 22.9 Å². The normalized spacial score (nSPS) is 42.8. The van der Waals surface area contributed by atoms with Crippen LogP contribution in [-0.4, -0.2) is 56.0 Å². The number of aliphatic hydroxyl groups is 4. The zero-order valence-corrected chi connectivity index (χ0v) is 23.4. The van der Waals surface area contributed by atoms with E-state index in [1.54, 1.807) is 0 Å². The summed E-state index contributed by atoms with van der Waals surface area (Å²) in [5.41, 5.74) is 1.44. The standard InChI is InChI=1S/C30H52O5/c1-19(2)22(31)11-15-28(6)16-12-23(32)20(3)21(28)9-10-24-29(7)17-13-25(33)27(4,5)35-26(29)14-18-30(24,8)34/h22-26,31-34H,1,9-18H2,2-8H3/t22?,23?,24?,25-,26?,28?,29-,30+/m1/s1. The fraction of sp³-hybridized carbons (Fsp3) is 0.867. The van der Waals surface area contributed by atoms with Crippen molar-refractivity contribution in [2.24, 2.45) is 16.7 Å². The van der Waals surface area contributed by atoms with Crippen molar-refractivity contribution in [2.75, 3.05) is 0 Å². The average Bonchev–Trinajstić information content (AvgIpc) is 2.85. The molecule has 1 saturated carbocycles. The van der Waals surface area contributed by atoms with Gasteiger partial charge >= 0.3 is 0 Å². The molecular formula is C30H52O5. The van der Waals surface area contributed by atoms with Crippen LogP contribution in [-0.2, 0) is 4.74 Å². The summed E-state index contributed by atoms with van der Waals surface area (Å²) in [5.74, 6) is 0.0273. The van der Waals surface area contributed by atoms with Gasteiger partial charge < -0.3 is 25.2 Å². The van der Waals surface area contributed by atoms with Gasteiger partial charge in [0.2, 0.25) is 0 Å². The summed E-state index contributed by atoms with van der Waals surface area (Å²) < 4.78 is 6.55. The van der Waals surface area contributed by atoms with Crippen LogP contribution in [0.25, 0.3) is 0 Å². The van der Waals surface area contributed by atoms with Gasteiger partial charge in [0.1, 0.15) is 0 Å². The molecule has 3 rings (SSSR count). The van der Waals surface area contributed by atoms with Crippen molar-refractivity contribution in [3.05, 3.63) is 23.3 Å². The number of aliphatic hydroxyl groups excluding tert-OH is 3. The molecule has 1 aliphatic heterocycles. The molecule has 3 aliphatic rings. The Kier molecular flexibility index (Phi) is 8.41. The molecule has 1 heterocycles. The Bertz CT molecular complexity index is 814. The van der Waals surface area contributed by atoms with E-state index < -0.39 is 29.5 Å². The third-order valence-corrected chi connectivity index (χ3v) is 10.3. The van der Waals surface area contributed by atoms with E-state index in [0.29, 0.717) is 19.3 Å². The predicted octanol–water partition coefficient (Wildman–Crippen LogP) is 5.45. The smallest absolute Gasteiger partial charge is 0.0888 e. The van der Waals surface area contributed by atoms with Gasteiger partial charge in [-0.2, -0.15) is 0 Å². The summed E-state index contributed by atoms with van der Waals surface area (Å²) in [6.45, 7) is 18.3. The van der Waals surface area contributed by atoms with Crippen molar-refractivity contribution in [1.29, 1.82) is 0 Å². The van der Waals surface area contributed by atoms with Gasteiger partial charge in [-0.05, 0) is 121 Å². The van der Waals surface area contributed by atoms with Crippen LogP contribution in [0, 0.1) is 16.7 Å². The van der Waals surface area contributed by atoms with Crippen molar-refractivity contribution in [1.82, 2.24) is 0 Å². The molecule has 4 N–H and O–H groups in total. The van der Waals surface area contributed by atoms with Crippen LogP contribution < -0.4 is 0 Å². The van der Waals surface area contributed by atoms with E-state index in [1.165, 1.54) is 5.57 Å². The third kappa shape index (κ3) is 5.75. The van der Waals surface area contributed by atoms with Crippen LogP contribution in [0.3, 0.4) is 0 Å². The van der Waals surface area contributed by atoms with E-state index in [0.717, 1.165) is 56.1 Å². The Balaban J connectivity index is 1.87. The Labute approximate surface area is 213 Å². The van der Waals surface area contributed by atoms with Gasteiger partial charge in [0.05, 0.1) is 35.6 Å².